The molecule has 3 aromatic rings. The number of rotatable bonds is 4. The number of allylic oxidation sites excluding steroid dienone is 2. The number of ketones is 1. The van der Waals surface area contributed by atoms with E-state index in [1.54, 1.807) is 0 Å². The molecule has 0 aliphatic carbocycles. The standard InChI is InChI=1S/C19H15N5OS/c1-11-7-18(26-10-17(25)14(9-21)12(2)22)24-16-6-4-3-5-15(16)23-19(24)13(11)8-20/h3-7H,10,22H2,1-2H3. The molecule has 0 aliphatic rings. The van der Waals surface area contributed by atoms with Gasteiger partial charge in [0.05, 0.1) is 27.4 Å². The number of aryl methyl sites for hydroxylation is 1. The lowest BCUT2D eigenvalue weighted by Gasteiger charge is -2.09. The van der Waals surface area contributed by atoms with E-state index in [9.17, 15) is 10.1 Å². The number of nitriles is 2. The van der Waals surface area contributed by atoms with E-state index in [4.69, 9.17) is 11.0 Å². The first-order valence-electron chi connectivity index (χ1n) is 7.81. The highest BCUT2D eigenvalue weighted by Gasteiger charge is 2.17. The van der Waals surface area contributed by atoms with Crippen LogP contribution in [0.3, 0.4) is 0 Å². The molecule has 0 saturated carbocycles. The predicted octanol–water partition coefficient (Wildman–Crippen LogP) is 3.09. The van der Waals surface area contributed by atoms with Crippen LogP contribution in [0.25, 0.3) is 16.7 Å². The fourth-order valence-corrected chi connectivity index (χ4v) is 3.74. The zero-order valence-electron chi connectivity index (χ0n) is 14.3. The van der Waals surface area contributed by atoms with E-state index in [0.29, 0.717) is 11.2 Å². The Morgan fingerprint density at radius 3 is 2.73 bits per heavy atom. The Hall–Kier alpha value is -3.29. The van der Waals surface area contributed by atoms with Crippen molar-refractivity contribution in [3.8, 4) is 12.1 Å². The van der Waals surface area contributed by atoms with E-state index in [2.05, 4.69) is 11.1 Å². The summed E-state index contributed by atoms with van der Waals surface area (Å²) >= 11 is 1.30. The number of nitrogens with two attached hydrogens (primary N) is 1. The maximum atomic E-state index is 12.3. The molecule has 0 unspecified atom stereocenters. The maximum absolute atomic E-state index is 12.3. The molecule has 1 aromatic carbocycles. The number of hydrogen-bond acceptors (Lipinski definition) is 6. The summed E-state index contributed by atoms with van der Waals surface area (Å²) in [5.74, 6) is -0.248. The van der Waals surface area contributed by atoms with Crippen molar-refractivity contribution in [3.63, 3.8) is 0 Å². The van der Waals surface area contributed by atoms with Gasteiger partial charge in [0.25, 0.3) is 0 Å². The van der Waals surface area contributed by atoms with Crippen molar-refractivity contribution in [2.45, 2.75) is 18.9 Å². The van der Waals surface area contributed by atoms with Crippen molar-refractivity contribution in [1.82, 2.24) is 9.38 Å². The van der Waals surface area contributed by atoms with Crippen LogP contribution in [0.1, 0.15) is 18.1 Å². The number of Topliss-reactive ketones (excluding diaryl/α,β-unsaturated/α-hetero) is 1. The largest absolute Gasteiger partial charge is 0.401 e. The SMILES string of the molecule is CC(N)=C(C#N)C(=O)CSc1cc(C)c(C#N)c2nc3ccccc3n12. The van der Waals surface area contributed by atoms with Crippen LogP contribution in [-0.4, -0.2) is 20.9 Å². The molecule has 0 radical (unpaired) electrons. The molecule has 2 heterocycles. The molecule has 0 amide bonds. The van der Waals surface area contributed by atoms with Crippen molar-refractivity contribution in [1.29, 1.82) is 10.5 Å². The van der Waals surface area contributed by atoms with E-state index in [1.807, 2.05) is 47.7 Å². The summed E-state index contributed by atoms with van der Waals surface area (Å²) in [6.07, 6.45) is 0. The number of benzene rings is 1. The van der Waals surface area contributed by atoms with Crippen LogP contribution in [0.4, 0.5) is 0 Å². The lowest BCUT2D eigenvalue weighted by atomic mass is 10.2. The number of carbonyl (C=O) groups is 1. The molecule has 0 bridgehead atoms. The molecule has 0 aliphatic heterocycles. The molecule has 7 heteroatoms. The number of aromatic nitrogens is 2. The third kappa shape index (κ3) is 2.90. The van der Waals surface area contributed by atoms with E-state index in [-0.39, 0.29) is 22.8 Å². The molecule has 0 atom stereocenters. The van der Waals surface area contributed by atoms with Gasteiger partial charge < -0.3 is 5.73 Å². The van der Waals surface area contributed by atoms with E-state index in [0.717, 1.165) is 21.6 Å². The lowest BCUT2D eigenvalue weighted by molar-refractivity contribution is -0.112. The Balaban J connectivity index is 2.12. The highest BCUT2D eigenvalue weighted by molar-refractivity contribution is 8.00. The molecule has 0 spiro atoms. The van der Waals surface area contributed by atoms with Gasteiger partial charge in [-0.15, -0.1) is 0 Å². The summed E-state index contributed by atoms with van der Waals surface area (Å²) in [4.78, 5) is 16.9. The Kier molecular flexibility index (Phi) is 4.66. The van der Waals surface area contributed by atoms with Gasteiger partial charge in [-0.3, -0.25) is 9.20 Å². The Morgan fingerprint density at radius 1 is 1.35 bits per heavy atom. The smallest absolute Gasteiger partial charge is 0.185 e. The van der Waals surface area contributed by atoms with E-state index in [1.165, 1.54) is 18.7 Å². The zero-order valence-corrected chi connectivity index (χ0v) is 15.1. The first kappa shape index (κ1) is 17.5. The topological polar surface area (TPSA) is 108 Å². The zero-order chi connectivity index (χ0) is 18.8. The van der Waals surface area contributed by atoms with Gasteiger partial charge in [0.2, 0.25) is 0 Å². The average molecular weight is 361 g/mol. The molecule has 6 nitrogen and oxygen atoms in total. The molecular formula is C19H15N5OS. The lowest BCUT2D eigenvalue weighted by Crippen LogP contribution is -2.10. The van der Waals surface area contributed by atoms with Crippen molar-refractivity contribution >= 4 is 34.2 Å². The second kappa shape index (κ2) is 6.91. The van der Waals surface area contributed by atoms with Crippen LogP contribution in [0, 0.1) is 29.6 Å². The van der Waals surface area contributed by atoms with Gasteiger partial charge in [0, 0.05) is 5.70 Å². The molecule has 0 saturated heterocycles. The molecular weight excluding hydrogens is 346 g/mol. The Bertz CT molecular complexity index is 1160. The van der Waals surface area contributed by atoms with Crippen LogP contribution in [0.2, 0.25) is 0 Å². The number of pyridine rings is 1. The van der Waals surface area contributed by atoms with E-state index < -0.39 is 0 Å². The maximum Gasteiger partial charge on any atom is 0.185 e. The third-order valence-electron chi connectivity index (χ3n) is 3.99. The van der Waals surface area contributed by atoms with Crippen LogP contribution in [-0.2, 0) is 4.79 Å². The number of fused-ring (bicyclic) bond motifs is 3. The van der Waals surface area contributed by atoms with Gasteiger partial charge in [-0.05, 0) is 37.6 Å². The molecule has 0 fully saturated rings. The highest BCUT2D eigenvalue weighted by Crippen LogP contribution is 2.29. The number of imidazole rings is 1. The average Bonchev–Trinajstić information content (AvgIpc) is 2.99. The quantitative estimate of drug-likeness (QED) is 0.434. The summed E-state index contributed by atoms with van der Waals surface area (Å²) in [5.41, 5.74) is 9.30. The fourth-order valence-electron chi connectivity index (χ4n) is 2.74. The molecule has 2 N–H and O–H groups in total. The van der Waals surface area contributed by atoms with E-state index >= 15 is 0 Å². The number of nitrogens with zero attached hydrogens (tertiary/aromatic N) is 4. The van der Waals surface area contributed by atoms with Crippen molar-refractivity contribution < 1.29 is 4.79 Å². The van der Waals surface area contributed by atoms with Crippen LogP contribution in [0.15, 0.2) is 46.6 Å². The molecule has 26 heavy (non-hydrogen) atoms. The van der Waals surface area contributed by atoms with Crippen molar-refractivity contribution in [2.75, 3.05) is 5.75 Å². The minimum absolute atomic E-state index is 0.0189. The minimum atomic E-state index is -0.322. The van der Waals surface area contributed by atoms with Gasteiger partial charge in [-0.2, -0.15) is 10.5 Å². The van der Waals surface area contributed by atoms with Crippen molar-refractivity contribution in [2.24, 2.45) is 5.73 Å². The number of thioether (sulfide) groups is 1. The number of para-hydroxylation sites is 2. The Labute approximate surface area is 154 Å². The molecule has 128 valence electrons. The third-order valence-corrected chi connectivity index (χ3v) is 4.99. The number of carbonyl (C=O) groups excluding carboxylic acids is 1. The van der Waals surface area contributed by atoms with Gasteiger partial charge in [0.15, 0.2) is 11.4 Å². The first-order valence-corrected chi connectivity index (χ1v) is 8.79. The van der Waals surface area contributed by atoms with Gasteiger partial charge in [0.1, 0.15) is 17.7 Å². The summed E-state index contributed by atoms with van der Waals surface area (Å²) in [6.45, 7) is 3.38. The summed E-state index contributed by atoms with van der Waals surface area (Å²) in [7, 11) is 0. The second-order valence-electron chi connectivity index (χ2n) is 5.79. The summed E-state index contributed by atoms with van der Waals surface area (Å²) in [5, 5.41) is 19.4. The highest BCUT2D eigenvalue weighted by atomic mass is 32.2. The van der Waals surface area contributed by atoms with Crippen LogP contribution in [0.5, 0.6) is 0 Å². The Morgan fingerprint density at radius 2 is 2.08 bits per heavy atom. The van der Waals surface area contributed by atoms with Gasteiger partial charge in [-0.25, -0.2) is 4.98 Å². The molecule has 3 rings (SSSR count). The fraction of sp³-hybridized carbons (Fsp3) is 0.158. The van der Waals surface area contributed by atoms with Crippen LogP contribution >= 0.6 is 11.8 Å². The predicted molar refractivity (Wildman–Crippen MR) is 100 cm³/mol. The molecule has 2 aromatic heterocycles. The summed E-state index contributed by atoms with van der Waals surface area (Å²) < 4.78 is 1.88. The second-order valence-corrected chi connectivity index (χ2v) is 6.79. The summed E-state index contributed by atoms with van der Waals surface area (Å²) in [6, 6.07) is 13.5. The number of hydrogen-bond donors (Lipinski definition) is 1. The monoisotopic (exact) mass is 361 g/mol. The minimum Gasteiger partial charge on any atom is -0.401 e. The normalized spacial score (nSPS) is 11.8. The van der Waals surface area contributed by atoms with Gasteiger partial charge >= 0.3 is 0 Å². The van der Waals surface area contributed by atoms with Gasteiger partial charge in [-0.1, -0.05) is 23.9 Å². The van der Waals surface area contributed by atoms with Crippen molar-refractivity contribution in [3.05, 3.63) is 52.7 Å². The van der Waals surface area contributed by atoms with Crippen LogP contribution < -0.4 is 5.73 Å². The first-order chi connectivity index (χ1) is 12.5.